The second-order valence-corrected chi connectivity index (χ2v) is 14.4. The molecule has 0 aromatic heterocycles. The molecule has 0 saturated carbocycles. The Kier molecular flexibility index (Phi) is 14.0. The number of hydrogen-bond donors (Lipinski definition) is 0. The van der Waals surface area contributed by atoms with Gasteiger partial charge in [-0.15, -0.1) is 0 Å². The number of rotatable bonds is 11. The van der Waals surface area contributed by atoms with Gasteiger partial charge in [-0.05, 0) is 100 Å². The number of hydrogen-bond acceptors (Lipinski definition) is 6. The van der Waals surface area contributed by atoms with Gasteiger partial charge in [0.25, 0.3) is 0 Å². The van der Waals surface area contributed by atoms with Crippen molar-refractivity contribution in [2.45, 2.75) is 104 Å². The minimum atomic E-state index is -0.592. The van der Waals surface area contributed by atoms with Crippen molar-refractivity contribution in [1.82, 2.24) is 0 Å². The number of carbonyl (C=O) groups is 2. The molecule has 1 heterocycles. The first-order chi connectivity index (χ1) is 21.3. The standard InChI is InChI=1S/C21H30BFO4.C15H18BrFO2/c1-8-25-18(24)10-9-13-19(2,3)16-12-11-15(14-17(16)23)22-26-20(4,5)21(6,7)27-22;1-4-19-14(18)6-5-9-15(2,3)12-8-7-11(16)10-13(12)17/h9-12,14H,8,13H2,1-7H3;5-8,10H,4,9H2,1-3H3/b10-9+;6-5+. The second-order valence-electron chi connectivity index (χ2n) is 13.4. The molecule has 46 heavy (non-hydrogen) atoms. The summed E-state index contributed by atoms with van der Waals surface area (Å²) in [6.45, 7) is 19.8. The summed E-state index contributed by atoms with van der Waals surface area (Å²) >= 11 is 3.24. The molecule has 0 bridgehead atoms. The molecule has 0 atom stereocenters. The molecule has 2 aromatic carbocycles. The van der Waals surface area contributed by atoms with Gasteiger partial charge in [0.1, 0.15) is 11.6 Å². The number of halogens is 3. The average Bonchev–Trinajstić information content (AvgIpc) is 3.15. The zero-order valence-corrected chi connectivity index (χ0v) is 30.3. The molecule has 3 rings (SSSR count). The van der Waals surface area contributed by atoms with Crippen LogP contribution in [0.25, 0.3) is 0 Å². The van der Waals surface area contributed by atoms with Crippen LogP contribution in [0.4, 0.5) is 8.78 Å². The van der Waals surface area contributed by atoms with Crippen LogP contribution in [0.5, 0.6) is 0 Å². The fourth-order valence-corrected chi connectivity index (χ4v) is 5.08. The lowest BCUT2D eigenvalue weighted by Crippen LogP contribution is -2.41. The van der Waals surface area contributed by atoms with Crippen LogP contribution in [-0.2, 0) is 39.2 Å². The third-order valence-electron chi connectivity index (χ3n) is 8.25. The van der Waals surface area contributed by atoms with E-state index in [1.54, 1.807) is 38.1 Å². The molecular weight excluding hydrogens is 657 g/mol. The molecule has 252 valence electrons. The van der Waals surface area contributed by atoms with Gasteiger partial charge in [-0.3, -0.25) is 0 Å². The molecule has 0 amide bonds. The Morgan fingerprint density at radius 2 is 1.20 bits per heavy atom. The van der Waals surface area contributed by atoms with Gasteiger partial charge in [-0.2, -0.15) is 0 Å². The Bertz CT molecular complexity index is 1400. The summed E-state index contributed by atoms with van der Waals surface area (Å²) in [6, 6.07) is 10.1. The maximum absolute atomic E-state index is 14.9. The monoisotopic (exact) mass is 704 g/mol. The largest absolute Gasteiger partial charge is 0.494 e. The van der Waals surface area contributed by atoms with Crippen LogP contribution in [0.2, 0.25) is 0 Å². The highest BCUT2D eigenvalue weighted by molar-refractivity contribution is 9.10. The second kappa shape index (κ2) is 16.3. The SMILES string of the molecule is CCOC(=O)/C=C/CC(C)(C)c1ccc(B2OC(C)(C)C(C)(C)O2)cc1F.CCOC(=O)/C=C/CC(C)(C)c1ccc(Br)cc1F. The smallest absolute Gasteiger partial charge is 0.463 e. The normalized spacial score (nSPS) is 16.0. The lowest BCUT2D eigenvalue weighted by atomic mass is 9.75. The van der Waals surface area contributed by atoms with E-state index in [1.807, 2.05) is 67.5 Å². The van der Waals surface area contributed by atoms with Gasteiger partial charge in [-0.1, -0.05) is 74.0 Å². The molecule has 0 spiro atoms. The van der Waals surface area contributed by atoms with Crippen LogP contribution in [0.15, 0.2) is 65.2 Å². The highest BCUT2D eigenvalue weighted by Gasteiger charge is 2.51. The zero-order chi connectivity index (χ0) is 34.9. The van der Waals surface area contributed by atoms with Crippen molar-refractivity contribution < 1.29 is 37.2 Å². The Morgan fingerprint density at radius 1 is 0.783 bits per heavy atom. The van der Waals surface area contributed by atoms with E-state index in [9.17, 15) is 18.4 Å². The summed E-state index contributed by atoms with van der Waals surface area (Å²) in [5.41, 5.74) is 0.0803. The van der Waals surface area contributed by atoms with E-state index in [1.165, 1.54) is 24.3 Å². The van der Waals surface area contributed by atoms with E-state index >= 15 is 0 Å². The molecule has 0 unspecified atom stereocenters. The van der Waals surface area contributed by atoms with Gasteiger partial charge >= 0.3 is 19.1 Å². The van der Waals surface area contributed by atoms with E-state index in [0.29, 0.717) is 47.1 Å². The number of carbonyl (C=O) groups excluding carboxylic acids is 2. The Balaban J connectivity index is 0.000000341. The van der Waals surface area contributed by atoms with E-state index < -0.39 is 23.7 Å². The first-order valence-electron chi connectivity index (χ1n) is 15.5. The van der Waals surface area contributed by atoms with Crippen LogP contribution in [0.1, 0.15) is 93.2 Å². The van der Waals surface area contributed by atoms with Gasteiger partial charge < -0.3 is 18.8 Å². The fourth-order valence-electron chi connectivity index (χ4n) is 4.74. The highest BCUT2D eigenvalue weighted by Crippen LogP contribution is 2.37. The van der Waals surface area contributed by atoms with Crippen LogP contribution in [-0.4, -0.2) is 43.5 Å². The Labute approximate surface area is 282 Å². The predicted octanol–water partition coefficient (Wildman–Crippen LogP) is 8.29. The van der Waals surface area contributed by atoms with Crippen LogP contribution in [0, 0.1) is 11.6 Å². The van der Waals surface area contributed by atoms with Gasteiger partial charge in [0, 0.05) is 16.6 Å². The molecule has 1 saturated heterocycles. The topological polar surface area (TPSA) is 71.1 Å². The lowest BCUT2D eigenvalue weighted by Gasteiger charge is -2.32. The first-order valence-corrected chi connectivity index (χ1v) is 16.3. The molecule has 6 nitrogen and oxygen atoms in total. The summed E-state index contributed by atoms with van der Waals surface area (Å²) in [7, 11) is -0.592. The van der Waals surface area contributed by atoms with Crippen LogP contribution < -0.4 is 5.46 Å². The molecule has 0 N–H and O–H groups in total. The number of ether oxygens (including phenoxy) is 2. The van der Waals surface area contributed by atoms with Gasteiger partial charge in [0.05, 0.1) is 24.4 Å². The summed E-state index contributed by atoms with van der Waals surface area (Å²) < 4.78 is 51.1. The molecule has 1 aliphatic heterocycles. The Hall–Kier alpha value is -2.82. The molecule has 10 heteroatoms. The number of benzene rings is 2. The summed E-state index contributed by atoms with van der Waals surface area (Å²) in [6.07, 6.45) is 7.30. The maximum atomic E-state index is 14.9. The van der Waals surface area contributed by atoms with Gasteiger partial charge in [0.15, 0.2) is 0 Å². The minimum Gasteiger partial charge on any atom is -0.463 e. The number of esters is 2. The maximum Gasteiger partial charge on any atom is 0.494 e. The summed E-state index contributed by atoms with van der Waals surface area (Å²) in [5, 5.41) is 0. The van der Waals surface area contributed by atoms with Crippen molar-refractivity contribution in [3.05, 3.63) is 87.9 Å². The van der Waals surface area contributed by atoms with Gasteiger partial charge in [0.2, 0.25) is 0 Å². The van der Waals surface area contributed by atoms with E-state index in [0.717, 1.165) is 0 Å². The van der Waals surface area contributed by atoms with Crippen molar-refractivity contribution >= 4 is 40.4 Å². The van der Waals surface area contributed by atoms with Crippen LogP contribution in [0.3, 0.4) is 0 Å². The third-order valence-corrected chi connectivity index (χ3v) is 8.74. The van der Waals surface area contributed by atoms with Crippen LogP contribution >= 0.6 is 15.9 Å². The van der Waals surface area contributed by atoms with Crippen molar-refractivity contribution in [3.63, 3.8) is 0 Å². The quantitative estimate of drug-likeness (QED) is 0.133. The third kappa shape index (κ3) is 10.9. The molecule has 0 radical (unpaired) electrons. The minimum absolute atomic E-state index is 0.246. The molecule has 1 fully saturated rings. The van der Waals surface area contributed by atoms with Gasteiger partial charge in [-0.25, -0.2) is 18.4 Å². The predicted molar refractivity (Wildman–Crippen MR) is 183 cm³/mol. The molecule has 2 aromatic rings. The van der Waals surface area contributed by atoms with Crippen molar-refractivity contribution in [3.8, 4) is 0 Å². The summed E-state index contributed by atoms with van der Waals surface area (Å²) in [4.78, 5) is 22.6. The zero-order valence-electron chi connectivity index (χ0n) is 28.8. The van der Waals surface area contributed by atoms with Crippen molar-refractivity contribution in [2.24, 2.45) is 0 Å². The first kappa shape index (κ1) is 39.4. The molecule has 1 aliphatic rings. The number of allylic oxidation sites excluding steroid dienone is 2. The molecule has 0 aliphatic carbocycles. The van der Waals surface area contributed by atoms with Crippen molar-refractivity contribution in [2.75, 3.05) is 13.2 Å². The average molecular weight is 705 g/mol. The van der Waals surface area contributed by atoms with E-state index in [2.05, 4.69) is 15.9 Å². The lowest BCUT2D eigenvalue weighted by molar-refractivity contribution is -0.138. The Morgan fingerprint density at radius 3 is 1.59 bits per heavy atom. The summed E-state index contributed by atoms with van der Waals surface area (Å²) in [5.74, 6) is -1.31. The van der Waals surface area contributed by atoms with E-state index in [-0.39, 0.29) is 29.0 Å². The molecular formula is C36H48BBrF2O6. The highest BCUT2D eigenvalue weighted by atomic mass is 79.9. The van der Waals surface area contributed by atoms with Crippen molar-refractivity contribution in [1.29, 1.82) is 0 Å². The van der Waals surface area contributed by atoms with E-state index in [4.69, 9.17) is 18.8 Å². The fraction of sp³-hybridized carbons (Fsp3) is 0.500.